The summed E-state index contributed by atoms with van der Waals surface area (Å²) in [7, 11) is 0. The van der Waals surface area contributed by atoms with Crippen LogP contribution in [0.4, 0.5) is 0 Å². The van der Waals surface area contributed by atoms with Crippen LogP contribution in [-0.2, 0) is 11.2 Å². The molecule has 1 aromatic carbocycles. The maximum atomic E-state index is 10.7. The van der Waals surface area contributed by atoms with Gasteiger partial charge in [0, 0.05) is 19.1 Å². The van der Waals surface area contributed by atoms with Crippen LogP contribution in [0.3, 0.4) is 0 Å². The van der Waals surface area contributed by atoms with Crippen LogP contribution in [0.1, 0.15) is 24.5 Å². The van der Waals surface area contributed by atoms with Crippen molar-refractivity contribution in [1.29, 1.82) is 0 Å². The minimum Gasteiger partial charge on any atom is -0.396 e. The second kappa shape index (κ2) is 7.48. The highest BCUT2D eigenvalue weighted by molar-refractivity contribution is 5.73. The maximum absolute atomic E-state index is 10.7. The number of amides is 1. The van der Waals surface area contributed by atoms with E-state index in [0.717, 1.165) is 24.0 Å². The molecule has 0 spiro atoms. The van der Waals surface area contributed by atoms with Crippen molar-refractivity contribution in [2.24, 2.45) is 0 Å². The smallest absolute Gasteiger partial charge is 0.217 e. The van der Waals surface area contributed by atoms with Gasteiger partial charge in [-0.1, -0.05) is 30.0 Å². The van der Waals surface area contributed by atoms with Crippen LogP contribution in [0.5, 0.6) is 0 Å². The van der Waals surface area contributed by atoms with E-state index >= 15 is 0 Å². The fraction of sp³-hybridized carbons (Fsp3) is 0.357. The minimum atomic E-state index is -0.0761. The van der Waals surface area contributed by atoms with Crippen molar-refractivity contribution in [2.45, 2.75) is 19.8 Å². The van der Waals surface area contributed by atoms with E-state index in [0.29, 0.717) is 6.54 Å². The van der Waals surface area contributed by atoms with E-state index in [1.165, 1.54) is 6.92 Å². The van der Waals surface area contributed by atoms with Crippen LogP contribution in [0.25, 0.3) is 0 Å². The van der Waals surface area contributed by atoms with Gasteiger partial charge in [0.05, 0.1) is 6.54 Å². The largest absolute Gasteiger partial charge is 0.396 e. The summed E-state index contributed by atoms with van der Waals surface area (Å²) in [5.41, 5.74) is 2.10. The number of aliphatic hydroxyl groups is 1. The average Bonchev–Trinajstić information content (AvgIpc) is 2.33. The molecule has 0 saturated heterocycles. The molecule has 0 aliphatic rings. The van der Waals surface area contributed by atoms with Gasteiger partial charge in [-0.05, 0) is 24.5 Å². The van der Waals surface area contributed by atoms with Gasteiger partial charge in [0.2, 0.25) is 5.91 Å². The number of carbonyl (C=O) groups excluding carboxylic acids is 1. The van der Waals surface area contributed by atoms with Gasteiger partial charge in [0.25, 0.3) is 0 Å². The molecule has 0 atom stereocenters. The van der Waals surface area contributed by atoms with Crippen LogP contribution in [0.15, 0.2) is 24.3 Å². The molecule has 0 aliphatic carbocycles. The molecular weight excluding hydrogens is 214 g/mol. The molecule has 3 heteroatoms. The molecule has 1 aromatic rings. The van der Waals surface area contributed by atoms with E-state index in [1.807, 2.05) is 24.3 Å². The molecule has 0 aromatic heterocycles. The van der Waals surface area contributed by atoms with E-state index in [2.05, 4.69) is 17.2 Å². The number of hydrogen-bond acceptors (Lipinski definition) is 2. The molecule has 2 N–H and O–H groups in total. The van der Waals surface area contributed by atoms with Gasteiger partial charge >= 0.3 is 0 Å². The van der Waals surface area contributed by atoms with E-state index in [1.54, 1.807) is 0 Å². The Morgan fingerprint density at radius 3 is 2.88 bits per heavy atom. The third-order valence-electron chi connectivity index (χ3n) is 2.27. The molecule has 0 unspecified atom stereocenters. The summed E-state index contributed by atoms with van der Waals surface area (Å²) in [4.78, 5) is 10.7. The van der Waals surface area contributed by atoms with Crippen LogP contribution in [0, 0.1) is 11.8 Å². The van der Waals surface area contributed by atoms with Gasteiger partial charge in [0.1, 0.15) is 0 Å². The highest BCUT2D eigenvalue weighted by Gasteiger charge is 1.97. The molecule has 0 radical (unpaired) electrons. The highest BCUT2D eigenvalue weighted by Crippen LogP contribution is 2.09. The summed E-state index contributed by atoms with van der Waals surface area (Å²) in [5.74, 6) is 5.86. The lowest BCUT2D eigenvalue weighted by Gasteiger charge is -2.02. The van der Waals surface area contributed by atoms with Crippen molar-refractivity contribution in [1.82, 2.24) is 5.32 Å². The van der Waals surface area contributed by atoms with Gasteiger partial charge in [-0.15, -0.1) is 0 Å². The lowest BCUT2D eigenvalue weighted by atomic mass is 10.0. The van der Waals surface area contributed by atoms with Crippen LogP contribution < -0.4 is 5.32 Å². The van der Waals surface area contributed by atoms with E-state index in [4.69, 9.17) is 5.11 Å². The van der Waals surface area contributed by atoms with Gasteiger partial charge in [0.15, 0.2) is 0 Å². The Balaban J connectivity index is 2.65. The average molecular weight is 231 g/mol. The van der Waals surface area contributed by atoms with E-state index in [9.17, 15) is 4.79 Å². The quantitative estimate of drug-likeness (QED) is 0.762. The number of nitrogens with one attached hydrogen (secondary N) is 1. The third kappa shape index (κ3) is 5.19. The molecule has 0 saturated carbocycles. The normalized spacial score (nSPS) is 9.29. The van der Waals surface area contributed by atoms with Crippen LogP contribution in [0.2, 0.25) is 0 Å². The summed E-state index contributed by atoms with van der Waals surface area (Å²) in [6.07, 6.45) is 1.56. The first kappa shape index (κ1) is 13.3. The molecule has 1 rings (SSSR count). The second-order valence-corrected chi connectivity index (χ2v) is 3.70. The second-order valence-electron chi connectivity index (χ2n) is 3.70. The predicted molar refractivity (Wildman–Crippen MR) is 67.4 cm³/mol. The zero-order valence-corrected chi connectivity index (χ0v) is 9.99. The van der Waals surface area contributed by atoms with Gasteiger partial charge in [-0.25, -0.2) is 0 Å². The zero-order valence-electron chi connectivity index (χ0n) is 9.99. The Bertz CT molecular complexity index is 429. The molecule has 90 valence electrons. The third-order valence-corrected chi connectivity index (χ3v) is 2.27. The molecule has 17 heavy (non-hydrogen) atoms. The highest BCUT2D eigenvalue weighted by atomic mass is 16.2. The summed E-state index contributed by atoms with van der Waals surface area (Å²) >= 11 is 0. The Morgan fingerprint density at radius 2 is 2.18 bits per heavy atom. The Morgan fingerprint density at radius 1 is 1.41 bits per heavy atom. The number of rotatable bonds is 4. The molecule has 0 fully saturated rings. The zero-order chi connectivity index (χ0) is 12.5. The van der Waals surface area contributed by atoms with Crippen molar-refractivity contribution < 1.29 is 9.90 Å². The monoisotopic (exact) mass is 231 g/mol. The van der Waals surface area contributed by atoms with E-state index in [-0.39, 0.29) is 12.5 Å². The van der Waals surface area contributed by atoms with E-state index < -0.39 is 0 Å². The summed E-state index contributed by atoms with van der Waals surface area (Å²) in [5, 5.41) is 11.4. The van der Waals surface area contributed by atoms with Crippen molar-refractivity contribution >= 4 is 5.91 Å². The lowest BCUT2D eigenvalue weighted by molar-refractivity contribution is -0.118. The molecule has 0 bridgehead atoms. The predicted octanol–water partition coefficient (Wildman–Crippen LogP) is 1.10. The number of carbonyl (C=O) groups is 1. The van der Waals surface area contributed by atoms with Crippen LogP contribution >= 0.6 is 0 Å². The van der Waals surface area contributed by atoms with Gasteiger partial charge in [-0.2, -0.15) is 0 Å². The molecule has 1 amide bonds. The summed E-state index contributed by atoms with van der Waals surface area (Å²) in [6, 6.07) is 7.86. The first-order valence-corrected chi connectivity index (χ1v) is 5.66. The molecule has 0 heterocycles. The fourth-order valence-electron chi connectivity index (χ4n) is 1.44. The summed E-state index contributed by atoms with van der Waals surface area (Å²) in [6.45, 7) is 2.02. The summed E-state index contributed by atoms with van der Waals surface area (Å²) < 4.78 is 0. The first-order chi connectivity index (χ1) is 8.24. The number of hydrogen-bond donors (Lipinski definition) is 2. The topological polar surface area (TPSA) is 49.3 Å². The van der Waals surface area contributed by atoms with Crippen molar-refractivity contribution in [3.05, 3.63) is 35.4 Å². The van der Waals surface area contributed by atoms with Crippen molar-refractivity contribution in [3.63, 3.8) is 0 Å². The van der Waals surface area contributed by atoms with Gasteiger partial charge in [-0.3, -0.25) is 4.79 Å². The van der Waals surface area contributed by atoms with Crippen LogP contribution in [-0.4, -0.2) is 24.2 Å². The first-order valence-electron chi connectivity index (χ1n) is 5.66. The standard InChI is InChI=1S/C14H17NO2/c1-12(17)15-10-4-8-13-6-2-3-7-14(13)9-5-11-16/h2-3,6-7,16H,5,9-11H2,1H3,(H,15,17). The maximum Gasteiger partial charge on any atom is 0.217 e. The Kier molecular flexibility index (Phi) is 5.84. The SMILES string of the molecule is CC(=O)NCC#Cc1ccccc1CCCO. The molecular formula is C14H17NO2. The van der Waals surface area contributed by atoms with Crippen molar-refractivity contribution in [2.75, 3.05) is 13.2 Å². The van der Waals surface area contributed by atoms with Gasteiger partial charge < -0.3 is 10.4 Å². The Hall–Kier alpha value is -1.79. The minimum absolute atomic E-state index is 0.0761. The molecule has 3 nitrogen and oxygen atoms in total. The molecule has 0 aliphatic heterocycles. The number of aliphatic hydroxyl groups excluding tert-OH is 1. The fourth-order valence-corrected chi connectivity index (χ4v) is 1.44. The number of benzene rings is 1. The number of aryl methyl sites for hydroxylation is 1. The lowest BCUT2D eigenvalue weighted by Crippen LogP contribution is -2.19. The van der Waals surface area contributed by atoms with Crippen molar-refractivity contribution in [3.8, 4) is 11.8 Å². The Labute approximate surface area is 102 Å².